The summed E-state index contributed by atoms with van der Waals surface area (Å²) in [5, 5.41) is 0. The average molecular weight is 531 g/mol. The summed E-state index contributed by atoms with van der Waals surface area (Å²) in [6.45, 7) is 4.62. The van der Waals surface area contributed by atoms with Crippen LogP contribution in [0.2, 0.25) is 0 Å². The van der Waals surface area contributed by atoms with E-state index in [2.05, 4.69) is 36.3 Å². The van der Waals surface area contributed by atoms with Gasteiger partial charge >= 0.3 is 31.1 Å². The standard InChI is InChI=1S/C17H31N.C2HF6NO4S2/c1-2-3-4-5-6-7-8-9-10-12-15-18-16-13-11-14-17-18;3-1(4,5)14(10,11)9-15(12,13)2(6,7)8/h11,13-14,16H,2-10,12,15,17H2,1H3;9H. The van der Waals surface area contributed by atoms with Crippen LogP contribution in [-0.2, 0) is 20.0 Å². The minimum atomic E-state index is -6.60. The van der Waals surface area contributed by atoms with Crippen molar-refractivity contribution in [2.75, 3.05) is 13.1 Å². The van der Waals surface area contributed by atoms with Gasteiger partial charge in [-0.2, -0.15) is 26.3 Å². The number of nitrogens with zero attached hydrogens (tertiary/aromatic N) is 1. The van der Waals surface area contributed by atoms with Crippen LogP contribution in [0.3, 0.4) is 0 Å². The highest BCUT2D eigenvalue weighted by Gasteiger charge is 2.55. The molecule has 0 unspecified atom stereocenters. The second kappa shape index (κ2) is 14.9. The summed E-state index contributed by atoms with van der Waals surface area (Å²) in [6.07, 6.45) is 23.0. The van der Waals surface area contributed by atoms with Crippen LogP contribution in [0.25, 0.3) is 0 Å². The summed E-state index contributed by atoms with van der Waals surface area (Å²) in [4.78, 5) is 2.41. The number of hydrogen-bond acceptors (Lipinski definition) is 5. The Morgan fingerprint density at radius 2 is 1.15 bits per heavy atom. The number of hydrogen-bond donors (Lipinski definition) is 1. The highest BCUT2D eigenvalue weighted by atomic mass is 32.3. The number of alkyl halides is 6. The van der Waals surface area contributed by atoms with Crippen molar-refractivity contribution in [3.8, 4) is 0 Å². The van der Waals surface area contributed by atoms with Gasteiger partial charge in [-0.1, -0.05) is 81.0 Å². The molecule has 6 nitrogen and oxygen atoms in total. The molecule has 0 amide bonds. The summed E-state index contributed by atoms with van der Waals surface area (Å²) < 4.78 is 108. The summed E-state index contributed by atoms with van der Waals surface area (Å²) in [5.74, 6) is 0. The van der Waals surface area contributed by atoms with Gasteiger partial charge < -0.3 is 4.90 Å². The molecule has 0 fully saturated rings. The van der Waals surface area contributed by atoms with Gasteiger partial charge in [0.15, 0.2) is 0 Å². The van der Waals surface area contributed by atoms with Gasteiger partial charge in [-0.05, 0) is 18.7 Å². The molecule has 0 aromatic carbocycles. The van der Waals surface area contributed by atoms with E-state index in [1.165, 1.54) is 70.8 Å². The summed E-state index contributed by atoms with van der Waals surface area (Å²) in [5.41, 5.74) is -12.3. The van der Waals surface area contributed by atoms with Crippen LogP contribution in [0.5, 0.6) is 0 Å². The van der Waals surface area contributed by atoms with Crippen LogP contribution in [-0.4, -0.2) is 45.8 Å². The molecule has 196 valence electrons. The van der Waals surface area contributed by atoms with E-state index in [0.29, 0.717) is 0 Å². The maximum atomic E-state index is 11.5. The van der Waals surface area contributed by atoms with Gasteiger partial charge in [0.05, 0.1) is 0 Å². The minimum absolute atomic E-state index is 0.493. The van der Waals surface area contributed by atoms with Crippen LogP contribution in [0.15, 0.2) is 24.4 Å². The Morgan fingerprint density at radius 3 is 1.52 bits per heavy atom. The second-order valence-corrected chi connectivity index (χ2v) is 11.0. The Kier molecular flexibility index (Phi) is 14.3. The molecular weight excluding hydrogens is 498 g/mol. The van der Waals surface area contributed by atoms with Crippen molar-refractivity contribution in [3.05, 3.63) is 24.4 Å². The summed E-state index contributed by atoms with van der Waals surface area (Å²) in [7, 11) is -13.2. The van der Waals surface area contributed by atoms with Crippen LogP contribution < -0.4 is 4.13 Å². The quantitative estimate of drug-likeness (QED) is 0.249. The molecule has 0 saturated carbocycles. The van der Waals surface area contributed by atoms with E-state index in [1.807, 2.05) is 0 Å². The first-order valence-electron chi connectivity index (χ1n) is 10.6. The molecule has 1 N–H and O–H groups in total. The van der Waals surface area contributed by atoms with Gasteiger partial charge in [-0.3, -0.25) is 0 Å². The van der Waals surface area contributed by atoms with Crippen LogP contribution >= 0.6 is 0 Å². The number of allylic oxidation sites excluding steroid dienone is 2. The van der Waals surface area contributed by atoms with Gasteiger partial charge in [0.1, 0.15) is 0 Å². The van der Waals surface area contributed by atoms with Gasteiger partial charge in [0.2, 0.25) is 0 Å². The second-order valence-electron chi connectivity index (χ2n) is 7.43. The lowest BCUT2D eigenvalue weighted by molar-refractivity contribution is -0.0476. The first kappa shape index (κ1) is 31.7. The zero-order valence-electron chi connectivity index (χ0n) is 18.5. The molecule has 1 rings (SSSR count). The Morgan fingerprint density at radius 1 is 0.727 bits per heavy atom. The molecule has 1 aliphatic heterocycles. The third-order valence-corrected chi connectivity index (χ3v) is 7.49. The van der Waals surface area contributed by atoms with E-state index in [-0.39, 0.29) is 0 Å². The zero-order valence-corrected chi connectivity index (χ0v) is 20.1. The minimum Gasteiger partial charge on any atom is -0.374 e. The van der Waals surface area contributed by atoms with Crippen molar-refractivity contribution in [3.63, 3.8) is 0 Å². The molecule has 1 aliphatic rings. The SMILES string of the molecule is CCCCCCCCCCCCN1C=CC=CC1.O=S(=O)(NS(=O)(=O)C(F)(F)F)C(F)(F)F. The monoisotopic (exact) mass is 530 g/mol. The van der Waals surface area contributed by atoms with E-state index in [0.717, 1.165) is 6.54 Å². The number of halogens is 6. The molecule has 0 aliphatic carbocycles. The maximum absolute atomic E-state index is 11.5. The van der Waals surface area contributed by atoms with Gasteiger partial charge in [-0.15, -0.1) is 0 Å². The molecule has 1 heterocycles. The number of rotatable bonds is 13. The highest BCUT2D eigenvalue weighted by Crippen LogP contribution is 2.27. The van der Waals surface area contributed by atoms with Crippen LogP contribution in [0.1, 0.15) is 71.1 Å². The lowest BCUT2D eigenvalue weighted by Gasteiger charge is -2.20. The molecule has 0 aromatic heterocycles. The summed E-state index contributed by atoms with van der Waals surface area (Å²) >= 11 is 0. The zero-order chi connectivity index (χ0) is 25.6. The first-order valence-corrected chi connectivity index (χ1v) is 13.6. The molecule has 14 heteroatoms. The van der Waals surface area contributed by atoms with Crippen molar-refractivity contribution < 1.29 is 43.2 Å². The fourth-order valence-electron chi connectivity index (χ4n) is 2.71. The van der Waals surface area contributed by atoms with E-state index < -0.39 is 35.2 Å². The highest BCUT2D eigenvalue weighted by molar-refractivity contribution is 8.05. The van der Waals surface area contributed by atoms with E-state index >= 15 is 0 Å². The van der Waals surface area contributed by atoms with E-state index in [9.17, 15) is 43.2 Å². The lowest BCUT2D eigenvalue weighted by Crippen LogP contribution is -2.45. The summed E-state index contributed by atoms with van der Waals surface area (Å²) in [6, 6.07) is 0. The third kappa shape index (κ3) is 13.9. The molecular formula is C19H32F6N2O4S2. The van der Waals surface area contributed by atoms with Gasteiger partial charge in [0.25, 0.3) is 0 Å². The molecule has 0 spiro atoms. The van der Waals surface area contributed by atoms with Crippen molar-refractivity contribution >= 4 is 20.0 Å². The smallest absolute Gasteiger partial charge is 0.374 e. The van der Waals surface area contributed by atoms with Crippen LogP contribution in [0, 0.1) is 0 Å². The van der Waals surface area contributed by atoms with Gasteiger partial charge in [-0.25, -0.2) is 16.8 Å². The lowest BCUT2D eigenvalue weighted by atomic mass is 10.1. The number of unbranched alkanes of at least 4 members (excludes halogenated alkanes) is 9. The fourth-order valence-corrected chi connectivity index (χ4v) is 4.63. The molecule has 0 aromatic rings. The van der Waals surface area contributed by atoms with Crippen molar-refractivity contribution in [1.29, 1.82) is 0 Å². The normalized spacial score (nSPS) is 14.8. The van der Waals surface area contributed by atoms with Gasteiger partial charge in [0, 0.05) is 13.1 Å². The van der Waals surface area contributed by atoms with Crippen molar-refractivity contribution in [2.24, 2.45) is 0 Å². The van der Waals surface area contributed by atoms with E-state index in [4.69, 9.17) is 0 Å². The van der Waals surface area contributed by atoms with Crippen molar-refractivity contribution in [2.45, 2.75) is 82.1 Å². The molecule has 0 bridgehead atoms. The maximum Gasteiger partial charge on any atom is 0.512 e. The predicted octanol–water partition coefficient (Wildman–Crippen LogP) is 5.57. The van der Waals surface area contributed by atoms with E-state index in [1.54, 1.807) is 0 Å². The Balaban J connectivity index is 0.000000633. The molecule has 0 radical (unpaired) electrons. The first-order chi connectivity index (χ1) is 15.1. The number of sulfonamides is 2. The average Bonchev–Trinajstić information content (AvgIpc) is 2.68. The number of nitrogens with one attached hydrogen (secondary N) is 1. The van der Waals surface area contributed by atoms with Crippen LogP contribution in [0.4, 0.5) is 26.3 Å². The van der Waals surface area contributed by atoms with Crippen molar-refractivity contribution in [1.82, 2.24) is 9.03 Å². The fraction of sp³-hybridized carbons (Fsp3) is 0.789. The Hall–Kier alpha value is -1.28. The predicted molar refractivity (Wildman–Crippen MR) is 115 cm³/mol. The molecule has 33 heavy (non-hydrogen) atoms. The molecule has 0 atom stereocenters. The Bertz CT molecular complexity index is 765. The largest absolute Gasteiger partial charge is 0.512 e. The Labute approximate surface area is 192 Å². The third-order valence-electron chi connectivity index (χ3n) is 4.51. The molecule has 0 saturated heterocycles. The topological polar surface area (TPSA) is 83.6 Å².